The molecule has 0 N–H and O–H groups in total. The quantitative estimate of drug-likeness (QED) is 0.360. The van der Waals surface area contributed by atoms with Gasteiger partial charge in [-0.25, -0.2) is 13.2 Å². The summed E-state index contributed by atoms with van der Waals surface area (Å²) < 4.78 is 40.4. The first-order chi connectivity index (χ1) is 12.1. The van der Waals surface area contributed by atoms with Crippen molar-refractivity contribution in [2.75, 3.05) is 0 Å². The molecule has 3 heteroatoms. The topological polar surface area (TPSA) is 0 Å². The molecule has 0 heterocycles. The van der Waals surface area contributed by atoms with Crippen LogP contribution >= 0.6 is 0 Å². The van der Waals surface area contributed by atoms with Gasteiger partial charge in [0, 0.05) is 5.56 Å². The second kappa shape index (κ2) is 8.42. The lowest BCUT2D eigenvalue weighted by Gasteiger charge is -2.28. The zero-order valence-electron chi connectivity index (χ0n) is 15.2. The molecule has 1 saturated carbocycles. The van der Waals surface area contributed by atoms with E-state index in [0.717, 1.165) is 36.3 Å². The van der Waals surface area contributed by atoms with Crippen LogP contribution in [0.1, 0.15) is 82.3 Å². The van der Waals surface area contributed by atoms with Crippen molar-refractivity contribution in [1.82, 2.24) is 0 Å². The van der Waals surface area contributed by atoms with E-state index in [1.165, 1.54) is 51.4 Å². The standard InChI is InChI=1S/C22H29F3/c1-2-5-15-8-10-16(11-9-15)6-3-4-7-17-12-18-14-20(23)22(25)21(24)19(18)13-17/h13-16H,2-12H2,1H3. The molecule has 1 aromatic carbocycles. The van der Waals surface area contributed by atoms with Crippen LogP contribution in [0.4, 0.5) is 13.2 Å². The lowest BCUT2D eigenvalue weighted by atomic mass is 9.78. The van der Waals surface area contributed by atoms with Crippen molar-refractivity contribution in [3.63, 3.8) is 0 Å². The normalized spacial score (nSPS) is 22.8. The van der Waals surface area contributed by atoms with Crippen molar-refractivity contribution >= 4 is 6.08 Å². The predicted molar refractivity (Wildman–Crippen MR) is 96.8 cm³/mol. The van der Waals surface area contributed by atoms with Gasteiger partial charge >= 0.3 is 0 Å². The van der Waals surface area contributed by atoms with Gasteiger partial charge < -0.3 is 0 Å². The van der Waals surface area contributed by atoms with E-state index < -0.39 is 17.5 Å². The molecular formula is C22H29F3. The summed E-state index contributed by atoms with van der Waals surface area (Å²) in [6.45, 7) is 2.27. The molecule has 1 aromatic rings. The molecule has 1 fully saturated rings. The third-order valence-corrected chi connectivity index (χ3v) is 6.08. The highest BCUT2D eigenvalue weighted by Gasteiger charge is 2.23. The summed E-state index contributed by atoms with van der Waals surface area (Å²) in [7, 11) is 0. The van der Waals surface area contributed by atoms with Crippen LogP contribution in [0.15, 0.2) is 11.6 Å². The largest absolute Gasteiger partial charge is 0.204 e. The SMILES string of the molecule is CCCC1CCC(CCCCC2=Cc3c(cc(F)c(F)c3F)C2)CC1. The maximum atomic E-state index is 13.8. The molecule has 25 heavy (non-hydrogen) atoms. The molecule has 0 radical (unpaired) electrons. The third kappa shape index (κ3) is 4.48. The number of fused-ring (bicyclic) bond motifs is 1. The van der Waals surface area contributed by atoms with Crippen molar-refractivity contribution in [1.29, 1.82) is 0 Å². The van der Waals surface area contributed by atoms with E-state index in [1.807, 2.05) is 0 Å². The monoisotopic (exact) mass is 350 g/mol. The van der Waals surface area contributed by atoms with Crippen LogP contribution in [0.5, 0.6) is 0 Å². The van der Waals surface area contributed by atoms with Gasteiger partial charge in [-0.3, -0.25) is 0 Å². The zero-order valence-corrected chi connectivity index (χ0v) is 15.2. The minimum atomic E-state index is -1.35. The van der Waals surface area contributed by atoms with E-state index in [-0.39, 0.29) is 5.56 Å². The molecule has 0 spiro atoms. The lowest BCUT2D eigenvalue weighted by molar-refractivity contribution is 0.248. The van der Waals surface area contributed by atoms with Crippen LogP contribution in [0.25, 0.3) is 6.08 Å². The Bertz CT molecular complexity index is 625. The van der Waals surface area contributed by atoms with Crippen LogP contribution in [0.3, 0.4) is 0 Å². The lowest BCUT2D eigenvalue weighted by Crippen LogP contribution is -2.14. The molecule has 2 aliphatic rings. The summed E-state index contributed by atoms with van der Waals surface area (Å²) in [5.74, 6) is -1.63. The Morgan fingerprint density at radius 3 is 2.28 bits per heavy atom. The van der Waals surface area contributed by atoms with Crippen LogP contribution < -0.4 is 0 Å². The Labute approximate surface area is 149 Å². The second-order valence-electron chi connectivity index (χ2n) is 7.96. The summed E-state index contributed by atoms with van der Waals surface area (Å²) in [4.78, 5) is 0. The minimum absolute atomic E-state index is 0.253. The fraction of sp³-hybridized carbons (Fsp3) is 0.636. The Morgan fingerprint density at radius 1 is 0.920 bits per heavy atom. The van der Waals surface area contributed by atoms with Crippen molar-refractivity contribution in [3.05, 3.63) is 40.2 Å². The number of hydrogen-bond acceptors (Lipinski definition) is 0. The number of unbranched alkanes of at least 4 members (excludes halogenated alkanes) is 1. The van der Waals surface area contributed by atoms with Gasteiger partial charge in [0.15, 0.2) is 17.5 Å². The van der Waals surface area contributed by atoms with Gasteiger partial charge in [0.2, 0.25) is 0 Å². The fourth-order valence-electron chi connectivity index (χ4n) is 4.62. The highest BCUT2D eigenvalue weighted by Crippen LogP contribution is 2.35. The van der Waals surface area contributed by atoms with Crippen molar-refractivity contribution < 1.29 is 13.2 Å². The van der Waals surface area contributed by atoms with Gasteiger partial charge in [0.1, 0.15) is 0 Å². The van der Waals surface area contributed by atoms with Crippen LogP contribution in [-0.2, 0) is 6.42 Å². The zero-order chi connectivity index (χ0) is 17.8. The van der Waals surface area contributed by atoms with E-state index in [9.17, 15) is 13.2 Å². The number of hydrogen-bond donors (Lipinski definition) is 0. The van der Waals surface area contributed by atoms with Gasteiger partial charge in [-0.2, -0.15) is 0 Å². The molecule has 3 rings (SSSR count). The van der Waals surface area contributed by atoms with E-state index in [1.54, 1.807) is 6.08 Å². The molecule has 0 bridgehead atoms. The highest BCUT2D eigenvalue weighted by atomic mass is 19.2. The van der Waals surface area contributed by atoms with Crippen molar-refractivity contribution in [3.8, 4) is 0 Å². The molecular weight excluding hydrogens is 321 g/mol. The van der Waals surface area contributed by atoms with Crippen LogP contribution in [0, 0.1) is 29.3 Å². The van der Waals surface area contributed by atoms with Crippen molar-refractivity contribution in [2.24, 2.45) is 11.8 Å². The van der Waals surface area contributed by atoms with Crippen LogP contribution in [0.2, 0.25) is 0 Å². The van der Waals surface area contributed by atoms with E-state index in [4.69, 9.17) is 0 Å². The van der Waals surface area contributed by atoms with E-state index in [2.05, 4.69) is 6.92 Å². The third-order valence-electron chi connectivity index (χ3n) is 6.08. The molecule has 0 atom stereocenters. The maximum Gasteiger partial charge on any atom is 0.195 e. The van der Waals surface area contributed by atoms with E-state index in [0.29, 0.717) is 12.0 Å². The van der Waals surface area contributed by atoms with Gasteiger partial charge in [-0.1, -0.05) is 69.9 Å². The van der Waals surface area contributed by atoms with Crippen molar-refractivity contribution in [2.45, 2.75) is 77.6 Å². The summed E-state index contributed by atoms with van der Waals surface area (Å²) in [5, 5.41) is 0. The molecule has 0 amide bonds. The van der Waals surface area contributed by atoms with Gasteiger partial charge in [0.25, 0.3) is 0 Å². The first-order valence-electron chi connectivity index (χ1n) is 9.94. The number of benzene rings is 1. The predicted octanol–water partition coefficient (Wildman–Crippen LogP) is 7.21. The molecule has 0 unspecified atom stereocenters. The molecule has 0 saturated heterocycles. The van der Waals surface area contributed by atoms with Crippen LogP contribution in [-0.4, -0.2) is 0 Å². The average molecular weight is 350 g/mol. The maximum absolute atomic E-state index is 13.8. The number of rotatable bonds is 7. The fourth-order valence-corrected chi connectivity index (χ4v) is 4.62. The van der Waals surface area contributed by atoms with E-state index >= 15 is 0 Å². The Kier molecular flexibility index (Phi) is 6.24. The Hall–Kier alpha value is -1.25. The summed E-state index contributed by atoms with van der Waals surface area (Å²) in [6.07, 6.45) is 15.0. The summed E-state index contributed by atoms with van der Waals surface area (Å²) >= 11 is 0. The molecule has 0 aliphatic heterocycles. The number of allylic oxidation sites excluding steroid dienone is 1. The Balaban J connectivity index is 1.40. The highest BCUT2D eigenvalue weighted by molar-refractivity contribution is 5.64. The Morgan fingerprint density at radius 2 is 1.60 bits per heavy atom. The molecule has 138 valence electrons. The van der Waals surface area contributed by atoms with Gasteiger partial charge in [-0.15, -0.1) is 0 Å². The molecule has 2 aliphatic carbocycles. The first kappa shape index (κ1) is 18.5. The van der Waals surface area contributed by atoms with Gasteiger partial charge in [-0.05, 0) is 42.7 Å². The molecule has 0 aromatic heterocycles. The summed E-state index contributed by atoms with van der Waals surface area (Å²) in [6, 6.07) is 1.14. The summed E-state index contributed by atoms with van der Waals surface area (Å²) in [5.41, 5.74) is 1.94. The molecule has 0 nitrogen and oxygen atoms in total. The minimum Gasteiger partial charge on any atom is -0.204 e. The smallest absolute Gasteiger partial charge is 0.195 e. The van der Waals surface area contributed by atoms with Gasteiger partial charge in [0.05, 0.1) is 0 Å². The average Bonchev–Trinajstić information content (AvgIpc) is 3.01. The number of halogens is 3. The second-order valence-corrected chi connectivity index (χ2v) is 7.96. The first-order valence-corrected chi connectivity index (χ1v) is 9.94.